The number of carboxylic acid groups (broad SMARTS) is 1. The molecule has 1 saturated carbocycles. The summed E-state index contributed by atoms with van der Waals surface area (Å²) >= 11 is 0. The lowest BCUT2D eigenvalue weighted by molar-refractivity contribution is -0.274. The van der Waals surface area contributed by atoms with E-state index in [0.29, 0.717) is 11.3 Å². The number of hydrogen-bond acceptors (Lipinski definition) is 5. The lowest BCUT2D eigenvalue weighted by Crippen LogP contribution is -2.31. The van der Waals surface area contributed by atoms with E-state index in [1.165, 1.54) is 36.4 Å². The van der Waals surface area contributed by atoms with E-state index in [-0.39, 0.29) is 16.4 Å². The molecule has 38 heavy (non-hydrogen) atoms. The van der Waals surface area contributed by atoms with Crippen LogP contribution in [-0.4, -0.2) is 30.8 Å². The van der Waals surface area contributed by atoms with E-state index in [2.05, 4.69) is 14.4 Å². The van der Waals surface area contributed by atoms with E-state index in [1.54, 1.807) is 6.20 Å². The Morgan fingerprint density at radius 3 is 2.26 bits per heavy atom. The minimum atomic E-state index is -4.87. The number of aromatic carboxylic acids is 1. The van der Waals surface area contributed by atoms with Gasteiger partial charge in [0.25, 0.3) is 0 Å². The maximum absolute atomic E-state index is 13.4. The highest BCUT2D eigenvalue weighted by molar-refractivity contribution is 7.89. The van der Waals surface area contributed by atoms with Crippen molar-refractivity contribution in [3.05, 3.63) is 101 Å². The molecule has 1 aliphatic rings. The first-order valence-corrected chi connectivity index (χ1v) is 13.1. The van der Waals surface area contributed by atoms with Crippen molar-refractivity contribution in [2.75, 3.05) is 0 Å². The molecular weight excluding hydrogens is 521 g/mol. The molecule has 0 spiro atoms. The summed E-state index contributed by atoms with van der Waals surface area (Å²) in [6.07, 6.45) is -1.43. The summed E-state index contributed by atoms with van der Waals surface area (Å²) in [4.78, 5) is 15.6. The number of halogens is 3. The third kappa shape index (κ3) is 5.48. The maximum atomic E-state index is 13.4. The van der Waals surface area contributed by atoms with E-state index >= 15 is 0 Å². The van der Waals surface area contributed by atoms with Crippen molar-refractivity contribution in [2.24, 2.45) is 0 Å². The molecule has 7 nitrogen and oxygen atoms in total. The molecule has 5 rings (SSSR count). The minimum absolute atomic E-state index is 0.0760. The summed E-state index contributed by atoms with van der Waals surface area (Å²) in [5, 5.41) is 10.9. The summed E-state index contributed by atoms with van der Waals surface area (Å²) in [6.45, 7) is 0. The Morgan fingerprint density at radius 1 is 1.00 bits per heavy atom. The van der Waals surface area contributed by atoms with Crippen molar-refractivity contribution in [2.45, 2.75) is 36.1 Å². The molecule has 11 heteroatoms. The summed E-state index contributed by atoms with van der Waals surface area (Å²) in [5.41, 5.74) is 1.61. The molecule has 196 valence electrons. The number of rotatable bonds is 8. The van der Waals surface area contributed by atoms with Gasteiger partial charge in [-0.1, -0.05) is 36.4 Å². The monoisotopic (exact) mass is 542 g/mol. The lowest BCUT2D eigenvalue weighted by atomic mass is 9.94. The third-order valence-electron chi connectivity index (χ3n) is 6.26. The fourth-order valence-corrected chi connectivity index (χ4v) is 5.56. The number of hydrogen-bond donors (Lipinski definition) is 2. The molecule has 1 aliphatic carbocycles. The predicted molar refractivity (Wildman–Crippen MR) is 132 cm³/mol. The van der Waals surface area contributed by atoms with Gasteiger partial charge in [0.05, 0.1) is 22.2 Å². The highest BCUT2D eigenvalue weighted by atomic mass is 32.2. The van der Waals surface area contributed by atoms with Crippen molar-refractivity contribution >= 4 is 26.8 Å². The van der Waals surface area contributed by atoms with Crippen LogP contribution >= 0.6 is 0 Å². The molecule has 0 saturated heterocycles. The number of carbonyl (C=O) groups is 1. The van der Waals surface area contributed by atoms with Gasteiger partial charge in [-0.2, -0.15) is 4.72 Å². The molecule has 1 heterocycles. The Bertz CT molecular complexity index is 1600. The number of nitrogens with one attached hydrogen (secondary N) is 1. The average Bonchev–Trinajstić information content (AvgIpc) is 3.72. The van der Waals surface area contributed by atoms with Crippen molar-refractivity contribution in [3.8, 4) is 5.75 Å². The Labute approximate surface area is 216 Å². The van der Waals surface area contributed by atoms with Crippen molar-refractivity contribution in [1.82, 2.24) is 9.71 Å². The van der Waals surface area contributed by atoms with Crippen LogP contribution < -0.4 is 9.46 Å². The predicted octanol–water partition coefficient (Wildman–Crippen LogP) is 5.78. The van der Waals surface area contributed by atoms with E-state index in [9.17, 15) is 26.4 Å². The standard InChI is InChI=1S/C27H21F3N2O5S/c28-27(29,30)37-20-11-7-17(8-12-20)24(32-38(35,36)21-13-9-18(10-14-21)26(33)34)25-23(16-5-6-16)22-4-2-1-3-19(22)15-31-25/h1-4,7-16,24,32H,5-6H2,(H,33,34). The van der Waals surface area contributed by atoms with Gasteiger partial charge < -0.3 is 9.84 Å². The number of benzene rings is 3. The Hall–Kier alpha value is -3.96. The molecule has 0 aliphatic heterocycles. The summed E-state index contributed by atoms with van der Waals surface area (Å²) in [7, 11) is -4.21. The first-order chi connectivity index (χ1) is 18.0. The number of pyridine rings is 1. The molecule has 0 radical (unpaired) electrons. The number of aromatic nitrogens is 1. The van der Waals surface area contributed by atoms with Gasteiger partial charge >= 0.3 is 12.3 Å². The maximum Gasteiger partial charge on any atom is 0.573 e. The normalized spacial score (nSPS) is 14.8. The lowest BCUT2D eigenvalue weighted by Gasteiger charge is -2.23. The van der Waals surface area contributed by atoms with Crippen LogP contribution in [0.2, 0.25) is 0 Å². The van der Waals surface area contributed by atoms with Crippen LogP contribution in [0.3, 0.4) is 0 Å². The fraction of sp³-hybridized carbons (Fsp3) is 0.185. The zero-order valence-corrected chi connectivity index (χ0v) is 20.5. The zero-order chi connectivity index (χ0) is 27.1. The van der Waals surface area contributed by atoms with Gasteiger partial charge in [-0.25, -0.2) is 13.2 Å². The van der Waals surface area contributed by atoms with Crippen LogP contribution in [0.5, 0.6) is 5.75 Å². The number of nitrogens with zero attached hydrogens (tertiary/aromatic N) is 1. The third-order valence-corrected chi connectivity index (χ3v) is 7.70. The molecule has 2 N–H and O–H groups in total. The highest BCUT2D eigenvalue weighted by Crippen LogP contribution is 2.46. The molecule has 0 amide bonds. The number of ether oxygens (including phenoxy) is 1. The van der Waals surface area contributed by atoms with Crippen molar-refractivity contribution < 1.29 is 36.2 Å². The van der Waals surface area contributed by atoms with Crippen molar-refractivity contribution in [3.63, 3.8) is 0 Å². The Balaban J connectivity index is 1.61. The van der Waals surface area contributed by atoms with Gasteiger partial charge in [-0.15, -0.1) is 13.2 Å². The molecule has 0 bridgehead atoms. The second-order valence-electron chi connectivity index (χ2n) is 8.92. The van der Waals surface area contributed by atoms with E-state index < -0.39 is 34.1 Å². The highest BCUT2D eigenvalue weighted by Gasteiger charge is 2.34. The quantitative estimate of drug-likeness (QED) is 0.293. The minimum Gasteiger partial charge on any atom is -0.478 e. The molecule has 1 fully saturated rings. The Kier molecular flexibility index (Phi) is 6.58. The van der Waals surface area contributed by atoms with Crippen LogP contribution in [0.15, 0.2) is 83.9 Å². The van der Waals surface area contributed by atoms with E-state index in [1.807, 2.05) is 24.3 Å². The SMILES string of the molecule is O=C(O)c1ccc(S(=O)(=O)NC(c2ccc(OC(F)(F)F)cc2)c2ncc3ccccc3c2C2CC2)cc1. The number of alkyl halides is 3. The number of carboxylic acids is 1. The molecule has 4 aromatic rings. The second-order valence-corrected chi connectivity index (χ2v) is 10.6. The molecule has 1 atom stereocenters. The first kappa shape index (κ1) is 25.7. The largest absolute Gasteiger partial charge is 0.573 e. The molecule has 1 unspecified atom stereocenters. The van der Waals surface area contributed by atoms with E-state index in [0.717, 1.165) is 41.3 Å². The van der Waals surface area contributed by atoms with Gasteiger partial charge in [-0.3, -0.25) is 4.98 Å². The van der Waals surface area contributed by atoms with Gasteiger partial charge in [-0.05, 0) is 71.7 Å². The van der Waals surface area contributed by atoms with Gasteiger partial charge in [0.15, 0.2) is 0 Å². The topological polar surface area (TPSA) is 106 Å². The van der Waals surface area contributed by atoms with Gasteiger partial charge in [0.2, 0.25) is 10.0 Å². The molecule has 3 aromatic carbocycles. The van der Waals surface area contributed by atoms with Crippen LogP contribution in [0, 0.1) is 0 Å². The average molecular weight is 543 g/mol. The number of sulfonamides is 1. The fourth-order valence-electron chi connectivity index (χ4n) is 4.38. The van der Waals surface area contributed by atoms with Crippen LogP contribution in [0.1, 0.15) is 52.0 Å². The van der Waals surface area contributed by atoms with Gasteiger partial charge in [0.1, 0.15) is 5.75 Å². The summed E-state index contributed by atoms with van der Waals surface area (Å²) in [6, 6.07) is 16.2. The first-order valence-electron chi connectivity index (χ1n) is 11.6. The summed E-state index contributed by atoms with van der Waals surface area (Å²) < 4.78 is 71.5. The van der Waals surface area contributed by atoms with E-state index in [4.69, 9.17) is 5.11 Å². The second kappa shape index (κ2) is 9.73. The van der Waals surface area contributed by atoms with Crippen molar-refractivity contribution in [1.29, 1.82) is 0 Å². The number of fused-ring (bicyclic) bond motifs is 1. The van der Waals surface area contributed by atoms with Gasteiger partial charge in [0, 0.05) is 11.6 Å². The summed E-state index contributed by atoms with van der Waals surface area (Å²) in [5.74, 6) is -1.48. The van der Waals surface area contributed by atoms with Crippen LogP contribution in [0.4, 0.5) is 13.2 Å². The van der Waals surface area contributed by atoms with Crippen LogP contribution in [0.25, 0.3) is 10.8 Å². The molecular formula is C27H21F3N2O5S. The molecule has 1 aromatic heterocycles. The zero-order valence-electron chi connectivity index (χ0n) is 19.6. The smallest absolute Gasteiger partial charge is 0.478 e. The van der Waals surface area contributed by atoms with Crippen LogP contribution in [-0.2, 0) is 10.0 Å². The Morgan fingerprint density at radius 2 is 1.66 bits per heavy atom.